The summed E-state index contributed by atoms with van der Waals surface area (Å²) in [6.07, 6.45) is 4.59. The minimum atomic E-state index is 0.896. The Labute approximate surface area is 112 Å². The van der Waals surface area contributed by atoms with E-state index in [2.05, 4.69) is 36.3 Å². The van der Waals surface area contributed by atoms with Crippen molar-refractivity contribution >= 4 is 28.6 Å². The van der Waals surface area contributed by atoms with Crippen LogP contribution in [0.15, 0.2) is 23.2 Å². The Morgan fingerprint density at radius 3 is 2.67 bits per heavy atom. The molecule has 2 heterocycles. The molecule has 1 aromatic carbocycles. The van der Waals surface area contributed by atoms with Gasteiger partial charge in [0.2, 0.25) is 5.95 Å². The van der Waals surface area contributed by atoms with Gasteiger partial charge in [-0.2, -0.15) is 0 Å². The smallest absolute Gasteiger partial charge is 0.226 e. The lowest BCUT2D eigenvalue weighted by molar-refractivity contribution is 0.888. The fraction of sp³-hybridized carbons (Fsp3) is 0.429. The first-order valence-corrected chi connectivity index (χ1v) is 7.58. The van der Waals surface area contributed by atoms with Crippen molar-refractivity contribution in [1.29, 1.82) is 0 Å². The maximum absolute atomic E-state index is 4.72. The van der Waals surface area contributed by atoms with Gasteiger partial charge in [0.05, 0.1) is 5.52 Å². The van der Waals surface area contributed by atoms with Crippen molar-refractivity contribution in [2.24, 2.45) is 0 Å². The van der Waals surface area contributed by atoms with Crippen molar-refractivity contribution in [3.05, 3.63) is 23.8 Å². The fourth-order valence-electron chi connectivity index (χ4n) is 2.42. The van der Waals surface area contributed by atoms with Crippen LogP contribution in [0.5, 0.6) is 0 Å². The summed E-state index contributed by atoms with van der Waals surface area (Å²) in [4.78, 5) is 11.7. The van der Waals surface area contributed by atoms with Crippen LogP contribution in [-0.4, -0.2) is 29.3 Å². The lowest BCUT2D eigenvalue weighted by Gasteiger charge is -2.16. The summed E-state index contributed by atoms with van der Waals surface area (Å²) in [5, 5.41) is 2.26. The normalized spacial score (nSPS) is 15.6. The minimum Gasteiger partial charge on any atom is -0.341 e. The van der Waals surface area contributed by atoms with Gasteiger partial charge >= 0.3 is 0 Å². The monoisotopic (exact) mass is 259 g/mol. The van der Waals surface area contributed by atoms with Gasteiger partial charge in [0, 0.05) is 18.5 Å². The van der Waals surface area contributed by atoms with Crippen LogP contribution in [0.25, 0.3) is 10.9 Å². The molecule has 0 aliphatic carbocycles. The Balaban J connectivity index is 2.15. The number of hydrogen-bond donors (Lipinski definition) is 0. The maximum Gasteiger partial charge on any atom is 0.226 e. The Morgan fingerprint density at radius 2 is 1.94 bits per heavy atom. The van der Waals surface area contributed by atoms with E-state index in [9.17, 15) is 0 Å². The third kappa shape index (κ3) is 2.05. The topological polar surface area (TPSA) is 29.0 Å². The molecule has 3 rings (SSSR count). The highest BCUT2D eigenvalue weighted by Gasteiger charge is 2.17. The van der Waals surface area contributed by atoms with Crippen LogP contribution in [0.4, 0.5) is 5.95 Å². The van der Waals surface area contributed by atoms with Crippen LogP contribution in [0.3, 0.4) is 0 Å². The van der Waals surface area contributed by atoms with E-state index < -0.39 is 0 Å². The van der Waals surface area contributed by atoms with Crippen LogP contribution in [0, 0.1) is 6.92 Å². The highest BCUT2D eigenvalue weighted by atomic mass is 32.2. The number of benzene rings is 1. The first-order chi connectivity index (χ1) is 8.78. The molecule has 1 aliphatic rings. The van der Waals surface area contributed by atoms with Gasteiger partial charge in [0.15, 0.2) is 0 Å². The summed E-state index contributed by atoms with van der Waals surface area (Å²) < 4.78 is 0. The van der Waals surface area contributed by atoms with E-state index in [0.29, 0.717) is 0 Å². The molecule has 0 spiro atoms. The molecule has 0 N–H and O–H groups in total. The Morgan fingerprint density at radius 1 is 1.17 bits per heavy atom. The molecule has 0 unspecified atom stereocenters. The molecule has 0 radical (unpaired) electrons. The molecule has 1 aromatic heterocycles. The third-order valence-corrected chi connectivity index (χ3v) is 4.08. The number of nitrogens with zero attached hydrogens (tertiary/aromatic N) is 3. The molecule has 1 aliphatic heterocycles. The molecule has 0 amide bonds. The number of fused-ring (bicyclic) bond motifs is 1. The van der Waals surface area contributed by atoms with Gasteiger partial charge in [-0.15, -0.1) is 11.8 Å². The largest absolute Gasteiger partial charge is 0.341 e. The minimum absolute atomic E-state index is 0.896. The molecule has 2 aromatic rings. The summed E-state index contributed by atoms with van der Waals surface area (Å²) in [7, 11) is 0. The van der Waals surface area contributed by atoms with Gasteiger partial charge in [-0.3, -0.25) is 0 Å². The summed E-state index contributed by atoms with van der Waals surface area (Å²) in [5.41, 5.74) is 2.32. The van der Waals surface area contributed by atoms with Crippen molar-refractivity contribution in [3.8, 4) is 0 Å². The predicted octanol–water partition coefficient (Wildman–Crippen LogP) is 3.26. The second-order valence-corrected chi connectivity index (χ2v) is 5.54. The zero-order chi connectivity index (χ0) is 12.5. The van der Waals surface area contributed by atoms with Crippen molar-refractivity contribution in [2.45, 2.75) is 24.8 Å². The van der Waals surface area contributed by atoms with Crippen LogP contribution in [0.2, 0.25) is 0 Å². The average molecular weight is 259 g/mol. The van der Waals surface area contributed by atoms with Crippen LogP contribution in [-0.2, 0) is 0 Å². The lowest BCUT2D eigenvalue weighted by Crippen LogP contribution is -2.20. The molecule has 0 bridgehead atoms. The zero-order valence-electron chi connectivity index (χ0n) is 10.8. The number of aromatic nitrogens is 2. The maximum atomic E-state index is 4.72. The fourth-order valence-corrected chi connectivity index (χ4v) is 2.97. The first-order valence-electron chi connectivity index (χ1n) is 6.35. The van der Waals surface area contributed by atoms with Gasteiger partial charge in [-0.1, -0.05) is 11.6 Å². The number of aryl methyl sites for hydroxylation is 1. The quantitative estimate of drug-likeness (QED) is 0.611. The van der Waals surface area contributed by atoms with E-state index in [1.54, 1.807) is 11.8 Å². The van der Waals surface area contributed by atoms with E-state index in [-0.39, 0.29) is 0 Å². The summed E-state index contributed by atoms with van der Waals surface area (Å²) in [5.74, 6) is 0.896. The van der Waals surface area contributed by atoms with Crippen molar-refractivity contribution in [3.63, 3.8) is 0 Å². The second-order valence-electron chi connectivity index (χ2n) is 4.75. The molecule has 3 nitrogen and oxygen atoms in total. The predicted molar refractivity (Wildman–Crippen MR) is 77.5 cm³/mol. The number of hydrogen-bond acceptors (Lipinski definition) is 4. The average Bonchev–Trinajstić information content (AvgIpc) is 2.91. The van der Waals surface area contributed by atoms with Gasteiger partial charge in [0.1, 0.15) is 5.03 Å². The molecule has 1 fully saturated rings. The van der Waals surface area contributed by atoms with Gasteiger partial charge in [-0.25, -0.2) is 9.97 Å². The van der Waals surface area contributed by atoms with Crippen LogP contribution >= 0.6 is 11.8 Å². The van der Waals surface area contributed by atoms with Gasteiger partial charge < -0.3 is 4.90 Å². The molecular weight excluding hydrogens is 242 g/mol. The molecular formula is C14H17N3S. The number of rotatable bonds is 2. The van der Waals surface area contributed by atoms with Gasteiger partial charge in [0.25, 0.3) is 0 Å². The van der Waals surface area contributed by atoms with Crippen LogP contribution in [0.1, 0.15) is 18.4 Å². The van der Waals surface area contributed by atoms with Crippen molar-refractivity contribution in [1.82, 2.24) is 9.97 Å². The van der Waals surface area contributed by atoms with E-state index >= 15 is 0 Å². The van der Waals surface area contributed by atoms with E-state index in [1.807, 2.05) is 0 Å². The summed E-state index contributed by atoms with van der Waals surface area (Å²) in [6.45, 7) is 4.29. The SMILES string of the molecule is CSc1nc(N2CCCC2)nc2ccc(C)cc12. The molecule has 1 saturated heterocycles. The van der Waals surface area contributed by atoms with E-state index in [4.69, 9.17) is 9.97 Å². The lowest BCUT2D eigenvalue weighted by atomic mass is 10.2. The highest BCUT2D eigenvalue weighted by Crippen LogP contribution is 2.27. The first kappa shape index (κ1) is 11.8. The van der Waals surface area contributed by atoms with Crippen LogP contribution < -0.4 is 4.90 Å². The standard InChI is InChI=1S/C14H17N3S/c1-10-5-6-12-11(9-10)13(18-2)16-14(15-12)17-7-3-4-8-17/h5-6,9H,3-4,7-8H2,1-2H3. The summed E-state index contributed by atoms with van der Waals surface area (Å²) >= 11 is 1.70. The zero-order valence-corrected chi connectivity index (χ0v) is 11.6. The highest BCUT2D eigenvalue weighted by molar-refractivity contribution is 7.98. The molecule has 94 valence electrons. The van der Waals surface area contributed by atoms with Crippen molar-refractivity contribution < 1.29 is 0 Å². The third-order valence-electron chi connectivity index (χ3n) is 3.39. The van der Waals surface area contributed by atoms with E-state index in [1.165, 1.54) is 23.8 Å². The molecule has 18 heavy (non-hydrogen) atoms. The number of anilines is 1. The Bertz CT molecular complexity index is 577. The van der Waals surface area contributed by atoms with Gasteiger partial charge in [-0.05, 0) is 38.2 Å². The summed E-state index contributed by atoms with van der Waals surface area (Å²) in [6, 6.07) is 6.40. The van der Waals surface area contributed by atoms with E-state index in [0.717, 1.165) is 29.6 Å². The molecule has 4 heteroatoms. The Kier molecular flexibility index (Phi) is 3.12. The molecule has 0 atom stereocenters. The second kappa shape index (κ2) is 4.76. The molecule has 0 saturated carbocycles. The van der Waals surface area contributed by atoms with Crippen molar-refractivity contribution in [2.75, 3.05) is 24.2 Å². The Hall–Kier alpha value is -1.29. The number of thioether (sulfide) groups is 1.